The van der Waals surface area contributed by atoms with Crippen LogP contribution >= 0.6 is 0 Å². The molecule has 172 valence electrons. The number of hydrogen-bond donors (Lipinski definition) is 0. The third kappa shape index (κ3) is 5.84. The molecule has 0 radical (unpaired) electrons. The number of Topliss-reactive ketones (excluding diaryl/α,β-unsaturated/α-hetero) is 1. The minimum absolute atomic E-state index is 0.0281. The highest BCUT2D eigenvalue weighted by molar-refractivity contribution is 5.98. The Morgan fingerprint density at radius 3 is 2.31 bits per heavy atom. The van der Waals surface area contributed by atoms with E-state index in [0.717, 1.165) is 12.0 Å². The summed E-state index contributed by atoms with van der Waals surface area (Å²) >= 11 is 0. The Hall–Kier alpha value is -2.96. The molecule has 0 N–H and O–H groups in total. The summed E-state index contributed by atoms with van der Waals surface area (Å²) in [7, 11) is 1.64. The van der Waals surface area contributed by atoms with Gasteiger partial charge in [-0.1, -0.05) is 38.1 Å². The molecule has 0 saturated carbocycles. The summed E-state index contributed by atoms with van der Waals surface area (Å²) in [5.74, 6) is 0.440. The van der Waals surface area contributed by atoms with E-state index in [1.54, 1.807) is 42.0 Å². The maximum atomic E-state index is 12.9. The number of likely N-dealkylation sites (tertiary alicyclic amines) is 1. The van der Waals surface area contributed by atoms with Gasteiger partial charge < -0.3 is 9.80 Å². The lowest BCUT2D eigenvalue weighted by atomic mass is 9.88. The molecule has 1 aromatic carbocycles. The number of ketones is 1. The minimum atomic E-state index is -0.460. The van der Waals surface area contributed by atoms with Gasteiger partial charge in [-0.25, -0.2) is 0 Å². The highest BCUT2D eigenvalue weighted by atomic mass is 16.2. The summed E-state index contributed by atoms with van der Waals surface area (Å²) in [6.07, 6.45) is 5.67. The second-order valence-corrected chi connectivity index (χ2v) is 9.17. The lowest BCUT2D eigenvalue weighted by molar-refractivity contribution is -0.141. The zero-order valence-electron chi connectivity index (χ0n) is 19.5. The first kappa shape index (κ1) is 23.7. The highest BCUT2D eigenvalue weighted by Crippen LogP contribution is 2.23. The topological polar surface area (TPSA) is 75.5 Å². The largest absolute Gasteiger partial charge is 0.341 e. The molecule has 1 aliphatic heterocycles. The molecule has 3 rings (SSSR count). The minimum Gasteiger partial charge on any atom is -0.341 e. The van der Waals surface area contributed by atoms with Crippen molar-refractivity contribution in [3.63, 3.8) is 0 Å². The van der Waals surface area contributed by atoms with Gasteiger partial charge in [0.25, 0.3) is 0 Å². The number of nitrogens with zero attached hydrogens (tertiary/aromatic N) is 4. The number of piperidine rings is 1. The average molecular weight is 439 g/mol. The van der Waals surface area contributed by atoms with Crippen molar-refractivity contribution in [2.75, 3.05) is 26.7 Å². The van der Waals surface area contributed by atoms with Crippen LogP contribution in [0, 0.1) is 11.8 Å². The van der Waals surface area contributed by atoms with Gasteiger partial charge in [-0.3, -0.25) is 19.1 Å². The monoisotopic (exact) mass is 438 g/mol. The Balaban J connectivity index is 1.48. The number of aromatic nitrogens is 2. The van der Waals surface area contributed by atoms with Crippen molar-refractivity contribution >= 4 is 17.6 Å². The molecule has 0 spiro atoms. The quantitative estimate of drug-likeness (QED) is 0.593. The summed E-state index contributed by atoms with van der Waals surface area (Å²) in [6.45, 7) is 7.24. The number of carbonyl (C=O) groups excluding carboxylic acids is 3. The smallest absolute Gasteiger partial charge is 0.247 e. The van der Waals surface area contributed by atoms with Crippen molar-refractivity contribution in [3.8, 4) is 0 Å². The lowest BCUT2D eigenvalue weighted by Gasteiger charge is -2.33. The molecule has 1 fully saturated rings. The molecule has 7 heteroatoms. The molecule has 2 heterocycles. The molecule has 1 aromatic heterocycles. The maximum absolute atomic E-state index is 12.9. The van der Waals surface area contributed by atoms with Crippen LogP contribution in [-0.4, -0.2) is 63.9 Å². The van der Waals surface area contributed by atoms with Gasteiger partial charge in [0, 0.05) is 44.0 Å². The normalized spacial score (nSPS) is 15.6. The van der Waals surface area contributed by atoms with Crippen molar-refractivity contribution in [3.05, 3.63) is 53.9 Å². The average Bonchev–Trinajstić information content (AvgIpc) is 3.32. The van der Waals surface area contributed by atoms with Crippen LogP contribution < -0.4 is 0 Å². The van der Waals surface area contributed by atoms with Gasteiger partial charge in [0.05, 0.1) is 6.54 Å². The molecule has 7 nitrogen and oxygen atoms in total. The molecule has 2 amide bonds. The van der Waals surface area contributed by atoms with E-state index >= 15 is 0 Å². The van der Waals surface area contributed by atoms with Crippen LogP contribution in [-0.2, 0) is 16.0 Å². The van der Waals surface area contributed by atoms with E-state index in [0.29, 0.717) is 31.8 Å². The van der Waals surface area contributed by atoms with Crippen LogP contribution in [0.25, 0.3) is 0 Å². The van der Waals surface area contributed by atoms with Gasteiger partial charge in [-0.05, 0) is 43.7 Å². The number of likely N-dealkylation sites (N-methyl/N-ethyl adjacent to an activating group) is 1. The lowest BCUT2D eigenvalue weighted by Crippen LogP contribution is -2.46. The van der Waals surface area contributed by atoms with E-state index in [-0.39, 0.29) is 30.1 Å². The van der Waals surface area contributed by atoms with E-state index in [2.05, 4.69) is 18.9 Å². The molecular formula is C25H34N4O3. The van der Waals surface area contributed by atoms with Gasteiger partial charge in [-0.2, -0.15) is 5.10 Å². The van der Waals surface area contributed by atoms with Crippen molar-refractivity contribution in [2.45, 2.75) is 46.1 Å². The molecule has 1 unspecified atom stereocenters. The Morgan fingerprint density at radius 2 is 1.75 bits per heavy atom. The zero-order valence-corrected chi connectivity index (χ0v) is 19.5. The Bertz CT molecular complexity index is 913. The van der Waals surface area contributed by atoms with Crippen LogP contribution in [0.1, 0.15) is 55.6 Å². The maximum Gasteiger partial charge on any atom is 0.247 e. The summed E-state index contributed by atoms with van der Waals surface area (Å²) in [4.78, 5) is 41.4. The fourth-order valence-electron chi connectivity index (χ4n) is 4.23. The fraction of sp³-hybridized carbons (Fsp3) is 0.520. The Morgan fingerprint density at radius 1 is 1.09 bits per heavy atom. The van der Waals surface area contributed by atoms with Crippen LogP contribution in [0.5, 0.6) is 0 Å². The number of carbonyl (C=O) groups is 3. The third-order valence-electron chi connectivity index (χ3n) is 6.13. The van der Waals surface area contributed by atoms with Crippen molar-refractivity contribution in [2.24, 2.45) is 11.8 Å². The number of amides is 2. The van der Waals surface area contributed by atoms with Crippen molar-refractivity contribution < 1.29 is 14.4 Å². The molecule has 1 saturated heterocycles. The van der Waals surface area contributed by atoms with Crippen LogP contribution in [0.2, 0.25) is 0 Å². The van der Waals surface area contributed by atoms with E-state index in [1.807, 2.05) is 24.3 Å². The molecule has 2 aromatic rings. The van der Waals surface area contributed by atoms with Crippen LogP contribution in [0.4, 0.5) is 0 Å². The molecule has 1 atom stereocenters. The molecule has 1 aliphatic rings. The summed E-state index contributed by atoms with van der Waals surface area (Å²) in [6, 6.07) is 9.25. The highest BCUT2D eigenvalue weighted by Gasteiger charge is 2.29. The number of benzene rings is 1. The summed E-state index contributed by atoms with van der Waals surface area (Å²) in [5.41, 5.74) is 2.00. The van der Waals surface area contributed by atoms with Crippen LogP contribution in [0.15, 0.2) is 42.7 Å². The second-order valence-electron chi connectivity index (χ2n) is 9.17. The Labute approximate surface area is 190 Å². The zero-order chi connectivity index (χ0) is 23.3. The second kappa shape index (κ2) is 10.6. The number of hydrogen-bond acceptors (Lipinski definition) is 4. The standard InChI is InChI=1S/C25H34N4O3/c1-18(2)16-20-6-8-21(9-7-20)24(31)22-10-14-28(15-11-22)23(30)17-27(4)25(32)19(3)29-13-5-12-26-29/h5-9,12-13,18-19,22H,10-11,14-17H2,1-4H3. The van der Waals surface area contributed by atoms with E-state index in [4.69, 9.17) is 0 Å². The molecular weight excluding hydrogens is 404 g/mol. The summed E-state index contributed by atoms with van der Waals surface area (Å²) < 4.78 is 1.58. The predicted octanol–water partition coefficient (Wildman–Crippen LogP) is 3.22. The van der Waals surface area contributed by atoms with Gasteiger partial charge in [0.15, 0.2) is 5.78 Å². The predicted molar refractivity (Wildman–Crippen MR) is 123 cm³/mol. The third-order valence-corrected chi connectivity index (χ3v) is 6.13. The van der Waals surface area contributed by atoms with Gasteiger partial charge in [-0.15, -0.1) is 0 Å². The molecule has 0 aliphatic carbocycles. The Kier molecular flexibility index (Phi) is 7.83. The van der Waals surface area contributed by atoms with Crippen molar-refractivity contribution in [1.82, 2.24) is 19.6 Å². The van der Waals surface area contributed by atoms with E-state index in [1.165, 1.54) is 10.5 Å². The van der Waals surface area contributed by atoms with E-state index in [9.17, 15) is 14.4 Å². The van der Waals surface area contributed by atoms with Gasteiger partial charge in [0.1, 0.15) is 6.04 Å². The van der Waals surface area contributed by atoms with Gasteiger partial charge >= 0.3 is 0 Å². The molecule has 32 heavy (non-hydrogen) atoms. The first-order valence-corrected chi connectivity index (χ1v) is 11.4. The first-order valence-electron chi connectivity index (χ1n) is 11.4. The van der Waals surface area contributed by atoms with E-state index < -0.39 is 6.04 Å². The fourth-order valence-corrected chi connectivity index (χ4v) is 4.23. The van der Waals surface area contributed by atoms with Crippen LogP contribution in [0.3, 0.4) is 0 Å². The molecule has 0 bridgehead atoms. The number of rotatable bonds is 8. The van der Waals surface area contributed by atoms with Crippen molar-refractivity contribution in [1.29, 1.82) is 0 Å². The SMILES string of the molecule is CC(C)Cc1ccc(C(=O)C2CCN(C(=O)CN(C)C(=O)C(C)n3cccn3)CC2)cc1. The first-order chi connectivity index (χ1) is 15.3. The van der Waals surface area contributed by atoms with Gasteiger partial charge in [0.2, 0.25) is 11.8 Å². The summed E-state index contributed by atoms with van der Waals surface area (Å²) in [5, 5.41) is 4.10.